The van der Waals surface area contributed by atoms with Crippen molar-refractivity contribution >= 4 is 5.97 Å². The average molecular weight is 180 g/mol. The third-order valence-electron chi connectivity index (χ3n) is 1.43. The van der Waals surface area contributed by atoms with Crippen molar-refractivity contribution in [1.82, 2.24) is 0 Å². The maximum Gasteiger partial charge on any atom is 0.335 e. The SMILES string of the molecule is CC(F)(F)COC1CCOC1=O. The van der Waals surface area contributed by atoms with Crippen molar-refractivity contribution in [3.63, 3.8) is 0 Å². The van der Waals surface area contributed by atoms with Crippen LogP contribution in [-0.4, -0.2) is 31.2 Å². The molecule has 3 nitrogen and oxygen atoms in total. The number of esters is 1. The highest BCUT2D eigenvalue weighted by Crippen LogP contribution is 2.16. The summed E-state index contributed by atoms with van der Waals surface area (Å²) in [4.78, 5) is 10.7. The molecule has 0 aromatic rings. The van der Waals surface area contributed by atoms with Crippen LogP contribution in [0.4, 0.5) is 8.78 Å². The molecule has 1 unspecified atom stereocenters. The van der Waals surface area contributed by atoms with E-state index in [0.717, 1.165) is 6.92 Å². The lowest BCUT2D eigenvalue weighted by molar-refractivity contribution is -0.152. The Morgan fingerprint density at radius 3 is 2.83 bits per heavy atom. The molecule has 12 heavy (non-hydrogen) atoms. The number of rotatable bonds is 3. The van der Waals surface area contributed by atoms with E-state index in [4.69, 9.17) is 0 Å². The Labute approximate surface area is 68.6 Å². The van der Waals surface area contributed by atoms with E-state index >= 15 is 0 Å². The fourth-order valence-corrected chi connectivity index (χ4v) is 0.876. The van der Waals surface area contributed by atoms with Crippen LogP contribution in [0.25, 0.3) is 0 Å². The van der Waals surface area contributed by atoms with E-state index in [1.165, 1.54) is 0 Å². The molecular weight excluding hydrogens is 170 g/mol. The van der Waals surface area contributed by atoms with Gasteiger partial charge in [0.25, 0.3) is 5.92 Å². The van der Waals surface area contributed by atoms with Gasteiger partial charge in [0.2, 0.25) is 0 Å². The predicted molar refractivity (Wildman–Crippen MR) is 35.9 cm³/mol. The molecule has 1 atom stereocenters. The van der Waals surface area contributed by atoms with Crippen molar-refractivity contribution in [2.24, 2.45) is 0 Å². The number of ether oxygens (including phenoxy) is 2. The largest absolute Gasteiger partial charge is 0.464 e. The van der Waals surface area contributed by atoms with Gasteiger partial charge in [-0.2, -0.15) is 0 Å². The van der Waals surface area contributed by atoms with Gasteiger partial charge in [0.05, 0.1) is 6.61 Å². The average Bonchev–Trinajstić information content (AvgIpc) is 2.29. The topological polar surface area (TPSA) is 35.5 Å². The summed E-state index contributed by atoms with van der Waals surface area (Å²) in [6.45, 7) is 0.277. The first kappa shape index (κ1) is 9.38. The van der Waals surface area contributed by atoms with Crippen molar-refractivity contribution < 1.29 is 23.0 Å². The second-order valence-electron chi connectivity index (χ2n) is 2.83. The third-order valence-corrected chi connectivity index (χ3v) is 1.43. The van der Waals surface area contributed by atoms with Crippen LogP contribution in [0.3, 0.4) is 0 Å². The van der Waals surface area contributed by atoms with Gasteiger partial charge < -0.3 is 9.47 Å². The van der Waals surface area contributed by atoms with Gasteiger partial charge in [0.1, 0.15) is 6.61 Å². The van der Waals surface area contributed by atoms with Crippen LogP contribution in [0.15, 0.2) is 0 Å². The number of halogens is 2. The number of hydrogen-bond donors (Lipinski definition) is 0. The fraction of sp³-hybridized carbons (Fsp3) is 0.857. The molecule has 5 heteroatoms. The summed E-state index contributed by atoms with van der Waals surface area (Å²) in [5.74, 6) is -3.43. The molecule has 0 spiro atoms. The number of hydrogen-bond acceptors (Lipinski definition) is 3. The number of alkyl halides is 2. The Bertz CT molecular complexity index is 176. The molecule has 0 aromatic carbocycles. The van der Waals surface area contributed by atoms with Crippen molar-refractivity contribution in [2.75, 3.05) is 13.2 Å². The Kier molecular flexibility index (Phi) is 2.62. The number of cyclic esters (lactones) is 1. The first-order valence-electron chi connectivity index (χ1n) is 3.65. The van der Waals surface area contributed by atoms with E-state index in [1.807, 2.05) is 0 Å². The Morgan fingerprint density at radius 1 is 1.75 bits per heavy atom. The highest BCUT2D eigenvalue weighted by Gasteiger charge is 2.31. The standard InChI is InChI=1S/C7H10F2O3/c1-7(8,9)4-12-5-2-3-11-6(5)10/h5H,2-4H2,1H3. The van der Waals surface area contributed by atoms with Crippen LogP contribution in [-0.2, 0) is 14.3 Å². The summed E-state index contributed by atoms with van der Waals surface area (Å²) in [5, 5.41) is 0. The maximum absolute atomic E-state index is 12.2. The zero-order valence-corrected chi connectivity index (χ0v) is 6.68. The Balaban J connectivity index is 2.27. The minimum absolute atomic E-state index is 0.263. The normalized spacial score (nSPS) is 24.2. The van der Waals surface area contributed by atoms with E-state index in [9.17, 15) is 13.6 Å². The smallest absolute Gasteiger partial charge is 0.335 e. The van der Waals surface area contributed by atoms with Gasteiger partial charge in [0.15, 0.2) is 6.10 Å². The molecule has 1 saturated heterocycles. The van der Waals surface area contributed by atoms with Crippen LogP contribution < -0.4 is 0 Å². The fourth-order valence-electron chi connectivity index (χ4n) is 0.876. The minimum Gasteiger partial charge on any atom is -0.464 e. The summed E-state index contributed by atoms with van der Waals surface area (Å²) in [6.07, 6.45) is -0.426. The first-order chi connectivity index (χ1) is 5.49. The highest BCUT2D eigenvalue weighted by atomic mass is 19.3. The highest BCUT2D eigenvalue weighted by molar-refractivity contribution is 5.76. The van der Waals surface area contributed by atoms with E-state index in [1.54, 1.807) is 0 Å². The van der Waals surface area contributed by atoms with Gasteiger partial charge in [-0.15, -0.1) is 0 Å². The summed E-state index contributed by atoms with van der Waals surface area (Å²) in [5.41, 5.74) is 0. The molecule has 0 aromatic heterocycles. The maximum atomic E-state index is 12.2. The lowest BCUT2D eigenvalue weighted by Gasteiger charge is -2.12. The van der Waals surface area contributed by atoms with E-state index in [2.05, 4.69) is 9.47 Å². The third kappa shape index (κ3) is 2.73. The molecule has 0 amide bonds. The zero-order chi connectivity index (χ0) is 9.19. The van der Waals surface area contributed by atoms with E-state index in [-0.39, 0.29) is 6.61 Å². The molecule has 70 valence electrons. The summed E-state index contributed by atoms with van der Waals surface area (Å²) >= 11 is 0. The monoisotopic (exact) mass is 180 g/mol. The van der Waals surface area contributed by atoms with Crippen molar-refractivity contribution in [3.8, 4) is 0 Å². The van der Waals surface area contributed by atoms with Gasteiger partial charge in [0, 0.05) is 13.3 Å². The van der Waals surface area contributed by atoms with Gasteiger partial charge >= 0.3 is 5.97 Å². The van der Waals surface area contributed by atoms with Crippen LogP contribution in [0.2, 0.25) is 0 Å². The number of carbonyl (C=O) groups is 1. The van der Waals surface area contributed by atoms with Crippen LogP contribution >= 0.6 is 0 Å². The van der Waals surface area contributed by atoms with Crippen LogP contribution in [0, 0.1) is 0 Å². The molecule has 1 rings (SSSR count). The Morgan fingerprint density at radius 2 is 2.42 bits per heavy atom. The first-order valence-corrected chi connectivity index (χ1v) is 3.65. The molecule has 0 aliphatic carbocycles. The molecule has 0 bridgehead atoms. The van der Waals surface area contributed by atoms with Gasteiger partial charge in [-0.25, -0.2) is 13.6 Å². The quantitative estimate of drug-likeness (QED) is 0.607. The van der Waals surface area contributed by atoms with Crippen molar-refractivity contribution in [3.05, 3.63) is 0 Å². The molecule has 0 saturated carbocycles. The molecular formula is C7H10F2O3. The van der Waals surface area contributed by atoms with Gasteiger partial charge in [-0.3, -0.25) is 0 Å². The van der Waals surface area contributed by atoms with Crippen LogP contribution in [0.5, 0.6) is 0 Å². The number of carbonyl (C=O) groups excluding carboxylic acids is 1. The molecule has 0 radical (unpaired) electrons. The second-order valence-corrected chi connectivity index (χ2v) is 2.83. The van der Waals surface area contributed by atoms with E-state index < -0.39 is 24.6 Å². The lowest BCUT2D eigenvalue weighted by atomic mass is 10.3. The zero-order valence-electron chi connectivity index (χ0n) is 6.68. The van der Waals surface area contributed by atoms with Crippen LogP contribution in [0.1, 0.15) is 13.3 Å². The lowest BCUT2D eigenvalue weighted by Crippen LogP contribution is -2.26. The predicted octanol–water partition coefficient (Wildman–Crippen LogP) is 0.974. The minimum atomic E-state index is -2.89. The summed E-state index contributed by atoms with van der Waals surface area (Å²) < 4.78 is 33.6. The van der Waals surface area contributed by atoms with Gasteiger partial charge in [-0.1, -0.05) is 0 Å². The summed E-state index contributed by atoms with van der Waals surface area (Å²) in [6, 6.07) is 0. The van der Waals surface area contributed by atoms with Crippen molar-refractivity contribution in [1.29, 1.82) is 0 Å². The molecule has 0 N–H and O–H groups in total. The second kappa shape index (κ2) is 3.35. The van der Waals surface area contributed by atoms with E-state index in [0.29, 0.717) is 6.42 Å². The molecule has 1 fully saturated rings. The van der Waals surface area contributed by atoms with Crippen molar-refractivity contribution in [2.45, 2.75) is 25.4 Å². The molecule has 1 aliphatic rings. The summed E-state index contributed by atoms with van der Waals surface area (Å²) in [7, 11) is 0. The Hall–Kier alpha value is -0.710. The van der Waals surface area contributed by atoms with Gasteiger partial charge in [-0.05, 0) is 0 Å². The molecule has 1 heterocycles. The molecule has 1 aliphatic heterocycles.